The first-order valence-electron chi connectivity index (χ1n) is 13.3. The smallest absolute Gasteiger partial charge is 0.253 e. The molecule has 3 nitrogen and oxygen atoms in total. The lowest BCUT2D eigenvalue weighted by molar-refractivity contribution is 0.0728. The van der Waals surface area contributed by atoms with Gasteiger partial charge in [-0.1, -0.05) is 78.9 Å². The standard InChI is InChI=1S/C32H38N2O.ClH/c1-33(32(35)28-15-9-4-10-16-28)30-22-29(31(23-30)27-13-7-3-8-14-27)24-34-19-17-26(18-20-34)21-25-11-5-2-6-12-25;/h2-16,26,29-31H,17-24H2,1H3;1H. The van der Waals surface area contributed by atoms with Crippen LogP contribution in [0.25, 0.3) is 0 Å². The fraction of sp³-hybridized carbons (Fsp3) is 0.406. The number of halogens is 1. The molecule has 4 heteroatoms. The number of likely N-dealkylation sites (tertiary alicyclic amines) is 1. The van der Waals surface area contributed by atoms with Crippen molar-refractivity contribution in [3.05, 3.63) is 108 Å². The second kappa shape index (κ2) is 12.6. The predicted molar refractivity (Wildman–Crippen MR) is 151 cm³/mol. The van der Waals surface area contributed by atoms with Gasteiger partial charge in [0.2, 0.25) is 0 Å². The molecule has 1 heterocycles. The Hall–Kier alpha value is -2.62. The summed E-state index contributed by atoms with van der Waals surface area (Å²) in [5.41, 5.74) is 3.69. The van der Waals surface area contributed by atoms with E-state index < -0.39 is 0 Å². The third-order valence-electron chi connectivity index (χ3n) is 8.35. The minimum absolute atomic E-state index is 0. The van der Waals surface area contributed by atoms with Crippen molar-refractivity contribution in [3.63, 3.8) is 0 Å². The summed E-state index contributed by atoms with van der Waals surface area (Å²) in [6.07, 6.45) is 5.91. The first-order chi connectivity index (χ1) is 17.2. The maximum absolute atomic E-state index is 13.2. The van der Waals surface area contributed by atoms with Crippen molar-refractivity contribution in [1.82, 2.24) is 9.80 Å². The average molecular weight is 503 g/mol. The molecule has 190 valence electrons. The van der Waals surface area contributed by atoms with Gasteiger partial charge in [-0.15, -0.1) is 12.4 Å². The molecule has 2 fully saturated rings. The Labute approximate surface area is 222 Å². The van der Waals surface area contributed by atoms with Crippen molar-refractivity contribution in [2.45, 2.75) is 44.1 Å². The summed E-state index contributed by atoms with van der Waals surface area (Å²) in [6.45, 7) is 3.53. The van der Waals surface area contributed by atoms with Gasteiger partial charge in [0, 0.05) is 25.2 Å². The zero-order valence-corrected chi connectivity index (χ0v) is 22.2. The number of hydrogen-bond donors (Lipinski definition) is 0. The molecular formula is C32H39ClN2O. The van der Waals surface area contributed by atoms with E-state index in [9.17, 15) is 4.79 Å². The Morgan fingerprint density at radius 2 is 1.42 bits per heavy atom. The molecule has 1 aliphatic carbocycles. The van der Waals surface area contributed by atoms with E-state index in [-0.39, 0.29) is 24.4 Å². The van der Waals surface area contributed by atoms with Crippen LogP contribution in [0.15, 0.2) is 91.0 Å². The number of amides is 1. The molecule has 0 spiro atoms. The summed E-state index contributed by atoms with van der Waals surface area (Å²) in [6, 6.07) is 32.0. The molecule has 3 unspecified atom stereocenters. The SMILES string of the molecule is CN(C(=O)c1ccccc1)C1CC(CN2CCC(Cc3ccccc3)CC2)C(c2ccccc2)C1.Cl. The minimum atomic E-state index is 0. The van der Waals surface area contributed by atoms with Crippen LogP contribution in [0.4, 0.5) is 0 Å². The molecule has 0 bridgehead atoms. The van der Waals surface area contributed by atoms with E-state index in [4.69, 9.17) is 0 Å². The highest BCUT2D eigenvalue weighted by Crippen LogP contribution is 2.42. The molecule has 0 aromatic heterocycles. The second-order valence-electron chi connectivity index (χ2n) is 10.6. The molecule has 3 aromatic rings. The number of benzene rings is 3. The molecule has 36 heavy (non-hydrogen) atoms. The highest BCUT2D eigenvalue weighted by atomic mass is 35.5. The lowest BCUT2D eigenvalue weighted by Crippen LogP contribution is -2.39. The van der Waals surface area contributed by atoms with Crippen LogP contribution in [-0.2, 0) is 6.42 Å². The van der Waals surface area contributed by atoms with Gasteiger partial charge in [0.1, 0.15) is 0 Å². The first kappa shape index (κ1) is 26.4. The lowest BCUT2D eigenvalue weighted by atomic mass is 9.86. The number of carbonyl (C=O) groups excluding carboxylic acids is 1. The summed E-state index contributed by atoms with van der Waals surface area (Å²) in [5.74, 6) is 2.03. The fourth-order valence-electron chi connectivity index (χ4n) is 6.32. The zero-order chi connectivity index (χ0) is 24.0. The maximum atomic E-state index is 13.2. The van der Waals surface area contributed by atoms with Gasteiger partial charge in [-0.3, -0.25) is 4.79 Å². The van der Waals surface area contributed by atoms with Crippen LogP contribution in [0.3, 0.4) is 0 Å². The molecule has 1 saturated carbocycles. The highest BCUT2D eigenvalue weighted by molar-refractivity contribution is 5.94. The van der Waals surface area contributed by atoms with Gasteiger partial charge in [-0.25, -0.2) is 0 Å². The van der Waals surface area contributed by atoms with Crippen LogP contribution < -0.4 is 0 Å². The van der Waals surface area contributed by atoms with E-state index in [0.717, 1.165) is 30.9 Å². The van der Waals surface area contributed by atoms with Crippen molar-refractivity contribution >= 4 is 18.3 Å². The Kier molecular flexibility index (Phi) is 9.23. The highest BCUT2D eigenvalue weighted by Gasteiger charge is 2.39. The number of nitrogens with zero attached hydrogens (tertiary/aromatic N) is 2. The number of carbonyl (C=O) groups is 1. The summed E-state index contributed by atoms with van der Waals surface area (Å²) in [5, 5.41) is 0. The Morgan fingerprint density at radius 1 is 0.833 bits per heavy atom. The van der Waals surface area contributed by atoms with Gasteiger partial charge in [0.05, 0.1) is 0 Å². The number of rotatable bonds is 7. The lowest BCUT2D eigenvalue weighted by Gasteiger charge is -2.35. The van der Waals surface area contributed by atoms with E-state index >= 15 is 0 Å². The second-order valence-corrected chi connectivity index (χ2v) is 10.6. The van der Waals surface area contributed by atoms with E-state index in [1.807, 2.05) is 42.3 Å². The average Bonchev–Trinajstić information content (AvgIpc) is 3.34. The van der Waals surface area contributed by atoms with Crippen LogP contribution in [0.1, 0.15) is 53.1 Å². The van der Waals surface area contributed by atoms with Crippen molar-refractivity contribution in [3.8, 4) is 0 Å². The van der Waals surface area contributed by atoms with E-state index in [1.165, 1.54) is 43.5 Å². The number of piperidine rings is 1. The number of hydrogen-bond acceptors (Lipinski definition) is 2. The van der Waals surface area contributed by atoms with Crippen molar-refractivity contribution in [2.24, 2.45) is 11.8 Å². The fourth-order valence-corrected chi connectivity index (χ4v) is 6.32. The van der Waals surface area contributed by atoms with Gasteiger partial charge >= 0.3 is 0 Å². The summed E-state index contributed by atoms with van der Waals surface area (Å²) < 4.78 is 0. The maximum Gasteiger partial charge on any atom is 0.253 e. The normalized spacial score (nSPS) is 22.6. The summed E-state index contributed by atoms with van der Waals surface area (Å²) in [4.78, 5) is 17.9. The predicted octanol–water partition coefficient (Wildman–Crippen LogP) is 6.70. The molecule has 0 radical (unpaired) electrons. The Bertz CT molecular complexity index is 1070. The van der Waals surface area contributed by atoms with Gasteiger partial charge in [-0.05, 0) is 86.2 Å². The van der Waals surface area contributed by atoms with E-state index in [1.54, 1.807) is 0 Å². The molecule has 2 aliphatic rings. The van der Waals surface area contributed by atoms with Crippen LogP contribution in [0, 0.1) is 11.8 Å². The van der Waals surface area contributed by atoms with Gasteiger partial charge in [0.15, 0.2) is 0 Å². The molecule has 3 aromatic carbocycles. The van der Waals surface area contributed by atoms with Crippen molar-refractivity contribution in [1.29, 1.82) is 0 Å². The van der Waals surface area contributed by atoms with Crippen LogP contribution in [0.5, 0.6) is 0 Å². The molecular weight excluding hydrogens is 464 g/mol. The summed E-state index contributed by atoms with van der Waals surface area (Å²) >= 11 is 0. The van der Waals surface area contributed by atoms with Crippen LogP contribution in [-0.4, -0.2) is 48.4 Å². The van der Waals surface area contributed by atoms with E-state index in [0.29, 0.717) is 11.8 Å². The van der Waals surface area contributed by atoms with Crippen LogP contribution in [0.2, 0.25) is 0 Å². The topological polar surface area (TPSA) is 23.6 Å². The van der Waals surface area contributed by atoms with Crippen molar-refractivity contribution < 1.29 is 4.79 Å². The van der Waals surface area contributed by atoms with Gasteiger partial charge in [0.25, 0.3) is 5.91 Å². The van der Waals surface area contributed by atoms with E-state index in [2.05, 4.69) is 65.6 Å². The molecule has 5 rings (SSSR count). The van der Waals surface area contributed by atoms with Crippen molar-refractivity contribution in [2.75, 3.05) is 26.7 Å². The molecule has 1 aliphatic heterocycles. The minimum Gasteiger partial charge on any atom is -0.339 e. The zero-order valence-electron chi connectivity index (χ0n) is 21.3. The molecule has 0 N–H and O–H groups in total. The molecule has 3 atom stereocenters. The Morgan fingerprint density at radius 3 is 2.06 bits per heavy atom. The van der Waals surface area contributed by atoms with Gasteiger partial charge in [-0.2, -0.15) is 0 Å². The third-order valence-corrected chi connectivity index (χ3v) is 8.35. The van der Waals surface area contributed by atoms with Gasteiger partial charge < -0.3 is 9.80 Å². The molecule has 1 amide bonds. The quantitative estimate of drug-likeness (QED) is 0.359. The Balaban J connectivity index is 0.00000304. The largest absolute Gasteiger partial charge is 0.339 e. The first-order valence-corrected chi connectivity index (χ1v) is 13.3. The third kappa shape index (κ3) is 6.38. The monoisotopic (exact) mass is 502 g/mol. The summed E-state index contributed by atoms with van der Waals surface area (Å²) in [7, 11) is 2.00. The van der Waals surface area contributed by atoms with Crippen LogP contribution >= 0.6 is 12.4 Å². The molecule has 1 saturated heterocycles.